The van der Waals surface area contributed by atoms with Crippen molar-refractivity contribution in [3.63, 3.8) is 0 Å². The van der Waals surface area contributed by atoms with Gasteiger partial charge >= 0.3 is 6.18 Å². The molecule has 0 aliphatic carbocycles. The summed E-state index contributed by atoms with van der Waals surface area (Å²) in [5, 5.41) is 19.7. The predicted molar refractivity (Wildman–Crippen MR) is 110 cm³/mol. The molecule has 1 heterocycles. The van der Waals surface area contributed by atoms with Gasteiger partial charge in [-0.25, -0.2) is 0 Å². The molecule has 1 aromatic heterocycles. The number of fused-ring (bicyclic) bond motifs is 1. The first-order valence-corrected chi connectivity index (χ1v) is 9.31. The summed E-state index contributed by atoms with van der Waals surface area (Å²) in [6.07, 6.45) is -2.96. The highest BCUT2D eigenvalue weighted by Crippen LogP contribution is 2.41. The molecule has 0 bridgehead atoms. The molecule has 0 fully saturated rings. The zero-order valence-corrected chi connectivity index (χ0v) is 16.5. The third-order valence-electron chi connectivity index (χ3n) is 5.14. The lowest BCUT2D eigenvalue weighted by Gasteiger charge is -2.30. The maximum atomic E-state index is 13.6. The summed E-state index contributed by atoms with van der Waals surface area (Å²) in [5.41, 5.74) is 6.64. The Labute approximate surface area is 171 Å². The third kappa shape index (κ3) is 4.01. The smallest absolute Gasteiger partial charge is 0.395 e. The minimum absolute atomic E-state index is 0.225. The molecular formula is C21H21F3N2O2S. The summed E-state index contributed by atoms with van der Waals surface area (Å²) < 4.78 is 42.2. The van der Waals surface area contributed by atoms with Gasteiger partial charge in [0.1, 0.15) is 10.4 Å². The first-order chi connectivity index (χ1) is 13.6. The fourth-order valence-electron chi connectivity index (χ4n) is 3.24. The van der Waals surface area contributed by atoms with Crippen LogP contribution in [0, 0.1) is 5.41 Å². The molecule has 0 aliphatic rings. The number of hydrogen-bond acceptors (Lipinski definition) is 3. The molecule has 3 rings (SSSR count). The van der Waals surface area contributed by atoms with Gasteiger partial charge in [-0.3, -0.25) is 0 Å². The number of thiocarbonyl (C=S) groups is 1. The van der Waals surface area contributed by atoms with Gasteiger partial charge in [-0.05, 0) is 30.2 Å². The van der Waals surface area contributed by atoms with Gasteiger partial charge in [0.05, 0.1) is 13.2 Å². The van der Waals surface area contributed by atoms with Gasteiger partial charge in [-0.15, -0.1) is 0 Å². The zero-order valence-electron chi connectivity index (χ0n) is 15.7. The van der Waals surface area contributed by atoms with Crippen LogP contribution in [-0.4, -0.2) is 32.6 Å². The number of aromatic nitrogens is 1. The van der Waals surface area contributed by atoms with E-state index in [1.165, 1.54) is 4.57 Å². The van der Waals surface area contributed by atoms with Gasteiger partial charge in [0.25, 0.3) is 0 Å². The van der Waals surface area contributed by atoms with Crippen molar-refractivity contribution >= 4 is 28.1 Å². The maximum absolute atomic E-state index is 13.6. The van der Waals surface area contributed by atoms with Crippen molar-refractivity contribution in [3.05, 3.63) is 59.8 Å². The number of nitrogens with zero attached hydrogens (tertiary/aromatic N) is 1. The number of nitrogens with two attached hydrogens (primary N) is 1. The average Bonchev–Trinajstić information content (AvgIpc) is 3.04. The summed E-state index contributed by atoms with van der Waals surface area (Å²) in [5.74, 6) is 0. The summed E-state index contributed by atoms with van der Waals surface area (Å²) in [6, 6.07) is 12.3. The Morgan fingerprint density at radius 3 is 2.45 bits per heavy atom. The largest absolute Gasteiger partial charge is 0.398 e. The number of halogens is 3. The van der Waals surface area contributed by atoms with Gasteiger partial charge in [-0.1, -0.05) is 42.5 Å². The number of hydrogen-bond donors (Lipinski definition) is 3. The topological polar surface area (TPSA) is 71.4 Å². The van der Waals surface area contributed by atoms with Crippen molar-refractivity contribution in [1.29, 1.82) is 0 Å². The van der Waals surface area contributed by atoms with Crippen LogP contribution in [0.1, 0.15) is 18.1 Å². The molecule has 1 unspecified atom stereocenters. The second-order valence-electron chi connectivity index (χ2n) is 7.34. The second-order valence-corrected chi connectivity index (χ2v) is 7.78. The van der Waals surface area contributed by atoms with Crippen molar-refractivity contribution in [2.75, 3.05) is 6.61 Å². The predicted octanol–water partition coefficient (Wildman–Crippen LogP) is 4.00. The van der Waals surface area contributed by atoms with E-state index in [1.54, 1.807) is 42.6 Å². The highest BCUT2D eigenvalue weighted by atomic mass is 32.1. The zero-order chi connectivity index (χ0) is 21.4. The minimum atomic E-state index is -4.58. The Hall–Kier alpha value is -2.42. The molecule has 3 aromatic rings. The van der Waals surface area contributed by atoms with Crippen LogP contribution < -0.4 is 5.73 Å². The number of aliphatic hydroxyl groups is 2. The lowest BCUT2D eigenvalue weighted by atomic mass is 9.91. The van der Waals surface area contributed by atoms with Crippen LogP contribution >= 0.6 is 12.2 Å². The highest BCUT2D eigenvalue weighted by molar-refractivity contribution is 7.80. The molecule has 4 N–H and O–H groups in total. The van der Waals surface area contributed by atoms with E-state index in [1.807, 2.05) is 6.07 Å². The van der Waals surface area contributed by atoms with Gasteiger partial charge < -0.3 is 20.5 Å². The van der Waals surface area contributed by atoms with Crippen molar-refractivity contribution in [2.45, 2.75) is 26.3 Å². The molecule has 154 valence electrons. The molecule has 1 atom stereocenters. The Bertz CT molecular complexity index is 1060. The van der Waals surface area contributed by atoms with E-state index in [-0.39, 0.29) is 11.6 Å². The van der Waals surface area contributed by atoms with E-state index in [0.29, 0.717) is 22.2 Å². The number of rotatable bonds is 6. The van der Waals surface area contributed by atoms with Crippen LogP contribution in [0.3, 0.4) is 0 Å². The first kappa shape index (κ1) is 21.3. The summed E-state index contributed by atoms with van der Waals surface area (Å²) in [6.45, 7) is -0.749. The van der Waals surface area contributed by atoms with Gasteiger partial charge in [-0.2, -0.15) is 13.2 Å². The van der Waals surface area contributed by atoms with Crippen LogP contribution in [0.2, 0.25) is 0 Å². The third-order valence-corrected chi connectivity index (χ3v) is 5.38. The van der Waals surface area contributed by atoms with E-state index in [2.05, 4.69) is 0 Å². The van der Waals surface area contributed by atoms with Crippen molar-refractivity contribution in [1.82, 2.24) is 4.57 Å². The first-order valence-electron chi connectivity index (χ1n) is 8.90. The Morgan fingerprint density at radius 1 is 1.14 bits per heavy atom. The number of aliphatic hydroxyl groups excluding tert-OH is 2. The summed E-state index contributed by atoms with van der Waals surface area (Å²) in [4.78, 5) is 0.225. The molecule has 0 saturated heterocycles. The quantitative estimate of drug-likeness (QED) is 0.525. The molecule has 0 spiro atoms. The van der Waals surface area contributed by atoms with Gasteiger partial charge in [0.2, 0.25) is 0 Å². The van der Waals surface area contributed by atoms with Crippen molar-refractivity contribution in [2.24, 2.45) is 11.1 Å². The molecular weight excluding hydrogens is 401 g/mol. The second kappa shape index (κ2) is 7.78. The SMILES string of the molecule is CC(CO)(Cn1cc(-c2cccc(C(N)=S)c2)c2ccc(CO)cc21)C(F)(F)F. The molecule has 2 aromatic carbocycles. The summed E-state index contributed by atoms with van der Waals surface area (Å²) in [7, 11) is 0. The average molecular weight is 422 g/mol. The fraction of sp³-hybridized carbons (Fsp3) is 0.286. The molecule has 0 amide bonds. The summed E-state index contributed by atoms with van der Waals surface area (Å²) >= 11 is 5.03. The van der Waals surface area contributed by atoms with Crippen LogP contribution in [0.25, 0.3) is 22.0 Å². The van der Waals surface area contributed by atoms with Crippen molar-refractivity contribution < 1.29 is 23.4 Å². The minimum Gasteiger partial charge on any atom is -0.395 e. The highest BCUT2D eigenvalue weighted by Gasteiger charge is 2.51. The molecule has 0 aliphatic heterocycles. The van der Waals surface area contributed by atoms with E-state index < -0.39 is 24.7 Å². The molecule has 4 nitrogen and oxygen atoms in total. The van der Waals surface area contributed by atoms with E-state index in [0.717, 1.165) is 17.9 Å². The lowest BCUT2D eigenvalue weighted by molar-refractivity contribution is -0.233. The van der Waals surface area contributed by atoms with Crippen LogP contribution in [0.4, 0.5) is 13.2 Å². The Balaban J connectivity index is 2.21. The molecule has 8 heteroatoms. The van der Waals surface area contributed by atoms with E-state index in [9.17, 15) is 23.4 Å². The van der Waals surface area contributed by atoms with Gasteiger partial charge in [0.15, 0.2) is 0 Å². The fourth-order valence-corrected chi connectivity index (χ4v) is 3.37. The molecule has 0 saturated carbocycles. The van der Waals surface area contributed by atoms with E-state index in [4.69, 9.17) is 18.0 Å². The molecule has 29 heavy (non-hydrogen) atoms. The van der Waals surface area contributed by atoms with Crippen LogP contribution in [-0.2, 0) is 13.2 Å². The van der Waals surface area contributed by atoms with Crippen molar-refractivity contribution in [3.8, 4) is 11.1 Å². The van der Waals surface area contributed by atoms with E-state index >= 15 is 0 Å². The van der Waals surface area contributed by atoms with Gasteiger partial charge in [0, 0.05) is 34.8 Å². The van der Waals surface area contributed by atoms with Crippen LogP contribution in [0.5, 0.6) is 0 Å². The Morgan fingerprint density at radius 2 is 1.86 bits per heavy atom. The Kier molecular flexibility index (Phi) is 5.71. The maximum Gasteiger partial charge on any atom is 0.398 e. The molecule has 0 radical (unpaired) electrons. The normalized spacial score (nSPS) is 14.1. The number of benzene rings is 2. The monoisotopic (exact) mass is 422 g/mol. The number of alkyl halides is 3. The van der Waals surface area contributed by atoms with Crippen LogP contribution in [0.15, 0.2) is 48.7 Å². The lowest BCUT2D eigenvalue weighted by Crippen LogP contribution is -2.42. The standard InChI is InChI=1S/C21H21F3N2O2S/c1-20(12-28,21(22,23)24)11-26-9-17(14-3-2-4-15(8-14)19(25)29)16-6-5-13(10-27)7-18(16)26/h2-9,27-28H,10-12H2,1H3,(H2,25,29).